The number of carbonyl (C=O) groups is 1. The summed E-state index contributed by atoms with van der Waals surface area (Å²) in [6, 6.07) is 0. The van der Waals surface area contributed by atoms with Gasteiger partial charge in [0.2, 0.25) is 0 Å². The summed E-state index contributed by atoms with van der Waals surface area (Å²) in [6.07, 6.45) is 7.73. The summed E-state index contributed by atoms with van der Waals surface area (Å²) >= 11 is 1.48. The van der Waals surface area contributed by atoms with E-state index in [1.807, 2.05) is 0 Å². The molecule has 0 radical (unpaired) electrons. The SMILES string of the molecule is CN(CC1CCCC1)c1sc(C(N)=O)c(N)c1C1CC1. The lowest BCUT2D eigenvalue weighted by molar-refractivity contribution is 0.100. The second-order valence-corrected chi connectivity index (χ2v) is 7.23. The van der Waals surface area contributed by atoms with Gasteiger partial charge >= 0.3 is 0 Å². The van der Waals surface area contributed by atoms with Crippen LogP contribution in [0.5, 0.6) is 0 Å². The number of anilines is 2. The Morgan fingerprint density at radius 1 is 1.30 bits per heavy atom. The molecule has 0 aromatic carbocycles. The summed E-state index contributed by atoms with van der Waals surface area (Å²) in [6.45, 7) is 1.07. The van der Waals surface area contributed by atoms with Gasteiger partial charge in [-0.25, -0.2) is 0 Å². The fourth-order valence-corrected chi connectivity index (χ4v) is 4.47. The number of nitrogens with two attached hydrogens (primary N) is 2. The minimum absolute atomic E-state index is 0.394. The van der Waals surface area contributed by atoms with E-state index in [9.17, 15) is 4.79 Å². The lowest BCUT2D eigenvalue weighted by atomic mass is 10.1. The van der Waals surface area contributed by atoms with Crippen LogP contribution in [0.15, 0.2) is 0 Å². The van der Waals surface area contributed by atoms with Crippen molar-refractivity contribution in [3.05, 3.63) is 10.4 Å². The average molecular weight is 293 g/mol. The van der Waals surface area contributed by atoms with Gasteiger partial charge in [-0.1, -0.05) is 12.8 Å². The van der Waals surface area contributed by atoms with Crippen LogP contribution in [-0.2, 0) is 0 Å². The second-order valence-electron chi connectivity index (χ2n) is 6.23. The molecule has 3 rings (SSSR count). The molecule has 0 bridgehead atoms. The molecule has 1 aromatic rings. The molecule has 1 amide bonds. The Balaban J connectivity index is 1.86. The van der Waals surface area contributed by atoms with Gasteiger partial charge in [-0.05, 0) is 37.5 Å². The minimum atomic E-state index is -0.394. The van der Waals surface area contributed by atoms with Crippen molar-refractivity contribution in [2.45, 2.75) is 44.4 Å². The Kier molecular flexibility index (Phi) is 3.63. The molecule has 0 aliphatic heterocycles. The van der Waals surface area contributed by atoms with E-state index in [0.29, 0.717) is 16.5 Å². The normalized spacial score (nSPS) is 19.4. The second kappa shape index (κ2) is 5.28. The van der Waals surface area contributed by atoms with Gasteiger partial charge in [-0.2, -0.15) is 0 Å². The zero-order valence-electron chi connectivity index (χ0n) is 12.0. The third-order valence-corrected chi connectivity index (χ3v) is 5.88. The van der Waals surface area contributed by atoms with Gasteiger partial charge in [0.05, 0.1) is 10.7 Å². The molecule has 2 aliphatic rings. The van der Waals surface area contributed by atoms with E-state index in [4.69, 9.17) is 11.5 Å². The van der Waals surface area contributed by atoms with Crippen LogP contribution >= 0.6 is 11.3 Å². The van der Waals surface area contributed by atoms with Crippen LogP contribution in [0.4, 0.5) is 10.7 Å². The van der Waals surface area contributed by atoms with Crippen LogP contribution < -0.4 is 16.4 Å². The van der Waals surface area contributed by atoms with Gasteiger partial charge < -0.3 is 16.4 Å². The molecule has 110 valence electrons. The number of amides is 1. The summed E-state index contributed by atoms with van der Waals surface area (Å²) in [5.41, 5.74) is 13.5. The Hall–Kier alpha value is -1.23. The molecule has 2 saturated carbocycles. The van der Waals surface area contributed by atoms with Crippen molar-refractivity contribution >= 4 is 27.9 Å². The zero-order valence-corrected chi connectivity index (χ0v) is 12.8. The third kappa shape index (κ3) is 2.51. The monoisotopic (exact) mass is 293 g/mol. The van der Waals surface area contributed by atoms with Crippen molar-refractivity contribution in [2.75, 3.05) is 24.2 Å². The van der Waals surface area contributed by atoms with Crippen LogP contribution in [0.2, 0.25) is 0 Å². The van der Waals surface area contributed by atoms with Crippen molar-refractivity contribution in [3.63, 3.8) is 0 Å². The van der Waals surface area contributed by atoms with Crippen molar-refractivity contribution in [1.82, 2.24) is 0 Å². The van der Waals surface area contributed by atoms with Crippen molar-refractivity contribution in [2.24, 2.45) is 11.7 Å². The van der Waals surface area contributed by atoms with Crippen molar-refractivity contribution < 1.29 is 4.79 Å². The average Bonchev–Trinajstić information content (AvgIpc) is 2.97. The molecule has 0 spiro atoms. The first-order chi connectivity index (χ1) is 9.58. The van der Waals surface area contributed by atoms with Crippen LogP contribution in [0, 0.1) is 5.92 Å². The molecule has 2 aliphatic carbocycles. The van der Waals surface area contributed by atoms with Gasteiger partial charge in [0, 0.05) is 19.2 Å². The summed E-state index contributed by atoms with van der Waals surface area (Å²) in [4.78, 5) is 14.4. The molecule has 2 fully saturated rings. The Bertz CT molecular complexity index is 515. The Morgan fingerprint density at radius 3 is 2.50 bits per heavy atom. The first kappa shape index (κ1) is 13.7. The maximum atomic E-state index is 11.5. The highest BCUT2D eigenvalue weighted by Gasteiger charge is 2.34. The van der Waals surface area contributed by atoms with Crippen LogP contribution in [0.25, 0.3) is 0 Å². The van der Waals surface area contributed by atoms with Crippen LogP contribution in [0.1, 0.15) is 59.7 Å². The number of carbonyl (C=O) groups excluding carboxylic acids is 1. The Labute approximate surface area is 124 Å². The smallest absolute Gasteiger partial charge is 0.260 e. The Morgan fingerprint density at radius 2 is 1.95 bits per heavy atom. The molecule has 0 saturated heterocycles. The minimum Gasteiger partial charge on any atom is -0.397 e. The number of rotatable bonds is 5. The van der Waals surface area contributed by atoms with E-state index in [-0.39, 0.29) is 0 Å². The van der Waals surface area contributed by atoms with Crippen LogP contribution in [-0.4, -0.2) is 19.5 Å². The maximum absolute atomic E-state index is 11.5. The van der Waals surface area contributed by atoms with Gasteiger partial charge in [-0.3, -0.25) is 4.79 Å². The number of hydrogen-bond donors (Lipinski definition) is 2. The largest absolute Gasteiger partial charge is 0.397 e. The van der Waals surface area contributed by atoms with E-state index in [1.54, 1.807) is 0 Å². The number of nitrogen functional groups attached to an aromatic ring is 1. The summed E-state index contributed by atoms with van der Waals surface area (Å²) < 4.78 is 0. The highest BCUT2D eigenvalue weighted by Crippen LogP contribution is 2.51. The number of primary amides is 1. The van der Waals surface area contributed by atoms with Gasteiger partial charge in [0.15, 0.2) is 0 Å². The lowest BCUT2D eigenvalue weighted by Gasteiger charge is -2.23. The van der Waals surface area contributed by atoms with Gasteiger partial charge in [0.1, 0.15) is 4.88 Å². The third-order valence-electron chi connectivity index (χ3n) is 4.53. The van der Waals surface area contributed by atoms with E-state index in [2.05, 4.69) is 11.9 Å². The fraction of sp³-hybridized carbons (Fsp3) is 0.667. The predicted octanol–water partition coefficient (Wildman–Crippen LogP) is 2.93. The fourth-order valence-electron chi connectivity index (χ4n) is 3.34. The quantitative estimate of drug-likeness (QED) is 0.876. The van der Waals surface area contributed by atoms with E-state index in [0.717, 1.165) is 12.5 Å². The van der Waals surface area contributed by atoms with E-state index in [1.165, 1.54) is 60.4 Å². The highest BCUT2D eigenvalue weighted by molar-refractivity contribution is 7.18. The molecular formula is C15H23N3OS. The molecule has 1 heterocycles. The summed E-state index contributed by atoms with van der Waals surface area (Å²) in [5.74, 6) is 0.933. The van der Waals surface area contributed by atoms with E-state index < -0.39 is 5.91 Å². The molecule has 5 heteroatoms. The maximum Gasteiger partial charge on any atom is 0.260 e. The van der Waals surface area contributed by atoms with Gasteiger partial charge in [-0.15, -0.1) is 11.3 Å². The van der Waals surface area contributed by atoms with Crippen LogP contribution in [0.3, 0.4) is 0 Å². The van der Waals surface area contributed by atoms with Gasteiger partial charge in [0.25, 0.3) is 5.91 Å². The lowest BCUT2D eigenvalue weighted by Crippen LogP contribution is -2.24. The van der Waals surface area contributed by atoms with Crippen molar-refractivity contribution in [3.8, 4) is 0 Å². The number of thiophene rings is 1. The summed E-state index contributed by atoms with van der Waals surface area (Å²) in [7, 11) is 2.13. The first-order valence-corrected chi connectivity index (χ1v) is 8.32. The molecule has 1 aromatic heterocycles. The topological polar surface area (TPSA) is 72.3 Å². The number of nitrogens with zero attached hydrogens (tertiary/aromatic N) is 1. The molecular weight excluding hydrogens is 270 g/mol. The molecule has 0 atom stereocenters. The molecule has 0 unspecified atom stereocenters. The van der Waals surface area contributed by atoms with E-state index >= 15 is 0 Å². The standard InChI is InChI=1S/C15H23N3OS/c1-18(8-9-4-2-3-5-9)15-11(10-6-7-10)12(16)13(20-15)14(17)19/h9-10H,2-8,16H2,1H3,(H2,17,19). The highest BCUT2D eigenvalue weighted by atomic mass is 32.1. The first-order valence-electron chi connectivity index (χ1n) is 7.51. The summed E-state index contributed by atoms with van der Waals surface area (Å²) in [5, 5.41) is 1.17. The molecule has 20 heavy (non-hydrogen) atoms. The van der Waals surface area contributed by atoms with Crippen molar-refractivity contribution in [1.29, 1.82) is 0 Å². The number of hydrogen-bond acceptors (Lipinski definition) is 4. The zero-order chi connectivity index (χ0) is 14.3. The molecule has 4 nitrogen and oxygen atoms in total. The predicted molar refractivity (Wildman–Crippen MR) is 84.5 cm³/mol. The molecule has 4 N–H and O–H groups in total.